The Bertz CT molecular complexity index is 498. The molecule has 1 aromatic carbocycles. The van der Waals surface area contributed by atoms with Crippen LogP contribution in [0.4, 0.5) is 0 Å². The summed E-state index contributed by atoms with van der Waals surface area (Å²) in [5.41, 5.74) is 1.11. The largest absolute Gasteiger partial charge is 0.466 e. The van der Waals surface area contributed by atoms with Crippen LogP contribution < -0.4 is 5.32 Å². The van der Waals surface area contributed by atoms with E-state index in [1.54, 1.807) is 6.26 Å². The van der Waals surface area contributed by atoms with E-state index in [-0.39, 0.29) is 6.04 Å². The first-order chi connectivity index (χ1) is 8.22. The maximum atomic E-state index is 6.16. The number of halogens is 2. The van der Waals surface area contributed by atoms with Crippen LogP contribution in [0.5, 0.6) is 0 Å². The van der Waals surface area contributed by atoms with E-state index in [0.717, 1.165) is 27.2 Å². The molecule has 4 heteroatoms. The average Bonchev–Trinajstić information content (AvgIpc) is 2.75. The van der Waals surface area contributed by atoms with E-state index in [9.17, 15) is 0 Å². The van der Waals surface area contributed by atoms with Gasteiger partial charge in [0.1, 0.15) is 5.76 Å². The number of hydrogen-bond acceptors (Lipinski definition) is 2. The van der Waals surface area contributed by atoms with Crippen molar-refractivity contribution in [3.8, 4) is 0 Å². The molecule has 0 amide bonds. The summed E-state index contributed by atoms with van der Waals surface area (Å²) >= 11 is 9.63. The molecule has 0 radical (unpaired) electrons. The second kappa shape index (κ2) is 5.71. The van der Waals surface area contributed by atoms with E-state index in [2.05, 4.69) is 21.2 Å². The van der Waals surface area contributed by atoms with E-state index < -0.39 is 0 Å². The Balaban J connectivity index is 2.22. The Hall–Kier alpha value is -0.770. The number of benzene rings is 1. The summed E-state index contributed by atoms with van der Waals surface area (Å²) in [7, 11) is 1.91. The number of furan rings is 1. The molecule has 0 aliphatic rings. The lowest BCUT2D eigenvalue weighted by atomic mass is 10.0. The van der Waals surface area contributed by atoms with Crippen LogP contribution in [-0.4, -0.2) is 7.05 Å². The van der Waals surface area contributed by atoms with Crippen molar-refractivity contribution in [1.29, 1.82) is 0 Å². The molecule has 2 aromatic rings. The van der Waals surface area contributed by atoms with Crippen molar-refractivity contribution < 1.29 is 4.42 Å². The van der Waals surface area contributed by atoms with Crippen LogP contribution in [0.2, 0.25) is 5.02 Å². The van der Waals surface area contributed by atoms with E-state index in [1.807, 2.05) is 37.4 Å². The molecule has 0 aliphatic heterocycles. The number of rotatable bonds is 4. The lowest BCUT2D eigenvalue weighted by Gasteiger charge is -2.15. The fraction of sp³-hybridized carbons (Fsp3) is 0.231. The zero-order valence-corrected chi connectivity index (χ0v) is 11.8. The fourth-order valence-corrected chi connectivity index (χ4v) is 2.45. The molecule has 1 atom stereocenters. The number of likely N-dealkylation sites (N-methyl/N-ethyl adjacent to an activating group) is 1. The third-order valence-electron chi connectivity index (χ3n) is 2.69. The standard InChI is InChI=1S/C13H13BrClNO/c1-16-12(13-10(14)6-7-17-13)8-9-4-2-3-5-11(9)15/h2-7,12,16H,8H2,1H3. The molecule has 0 spiro atoms. The lowest BCUT2D eigenvalue weighted by molar-refractivity contribution is 0.427. The van der Waals surface area contributed by atoms with Crippen LogP contribution >= 0.6 is 27.5 Å². The Morgan fingerprint density at radius 3 is 2.71 bits per heavy atom. The zero-order chi connectivity index (χ0) is 12.3. The molecule has 0 bridgehead atoms. The van der Waals surface area contributed by atoms with Gasteiger partial charge in [0, 0.05) is 5.02 Å². The van der Waals surface area contributed by atoms with Crippen LogP contribution in [0.25, 0.3) is 0 Å². The molecule has 1 unspecified atom stereocenters. The van der Waals surface area contributed by atoms with Crippen molar-refractivity contribution in [1.82, 2.24) is 5.32 Å². The van der Waals surface area contributed by atoms with Crippen LogP contribution in [-0.2, 0) is 6.42 Å². The predicted octanol–water partition coefficient (Wildman–Crippen LogP) is 4.20. The summed E-state index contributed by atoms with van der Waals surface area (Å²) < 4.78 is 6.45. The smallest absolute Gasteiger partial charge is 0.135 e. The van der Waals surface area contributed by atoms with Crippen molar-refractivity contribution in [2.45, 2.75) is 12.5 Å². The van der Waals surface area contributed by atoms with E-state index >= 15 is 0 Å². The van der Waals surface area contributed by atoms with Gasteiger partial charge in [-0.3, -0.25) is 0 Å². The first-order valence-electron chi connectivity index (χ1n) is 5.36. The van der Waals surface area contributed by atoms with Gasteiger partial charge in [-0.15, -0.1) is 0 Å². The minimum Gasteiger partial charge on any atom is -0.466 e. The Morgan fingerprint density at radius 2 is 2.12 bits per heavy atom. The molecule has 2 nitrogen and oxygen atoms in total. The third-order valence-corrected chi connectivity index (χ3v) is 3.72. The first-order valence-corrected chi connectivity index (χ1v) is 6.53. The van der Waals surface area contributed by atoms with Gasteiger partial charge in [0.05, 0.1) is 16.8 Å². The molecule has 17 heavy (non-hydrogen) atoms. The van der Waals surface area contributed by atoms with Crippen molar-refractivity contribution in [3.63, 3.8) is 0 Å². The van der Waals surface area contributed by atoms with Gasteiger partial charge >= 0.3 is 0 Å². The third kappa shape index (κ3) is 2.92. The Labute approximate surface area is 114 Å². The molecule has 1 heterocycles. The molecule has 90 valence electrons. The van der Waals surface area contributed by atoms with E-state index in [1.165, 1.54) is 0 Å². The summed E-state index contributed by atoms with van der Waals surface area (Å²) in [6, 6.07) is 9.87. The summed E-state index contributed by atoms with van der Waals surface area (Å²) in [6.45, 7) is 0. The molecular weight excluding hydrogens is 302 g/mol. The van der Waals surface area contributed by atoms with Gasteiger partial charge < -0.3 is 9.73 Å². The predicted molar refractivity (Wildman–Crippen MR) is 73.4 cm³/mol. The van der Waals surface area contributed by atoms with Gasteiger partial charge in [-0.25, -0.2) is 0 Å². The van der Waals surface area contributed by atoms with Gasteiger partial charge in [-0.05, 0) is 47.1 Å². The van der Waals surface area contributed by atoms with Gasteiger partial charge in [0.15, 0.2) is 0 Å². The second-order valence-corrected chi connectivity index (χ2v) is 5.03. The van der Waals surface area contributed by atoms with Crippen molar-refractivity contribution in [3.05, 3.63) is 57.4 Å². The zero-order valence-electron chi connectivity index (χ0n) is 9.41. The summed E-state index contributed by atoms with van der Waals surface area (Å²) in [4.78, 5) is 0. The Kier molecular flexibility index (Phi) is 4.26. The van der Waals surface area contributed by atoms with Gasteiger partial charge in [-0.2, -0.15) is 0 Å². The van der Waals surface area contributed by atoms with Crippen LogP contribution in [0.3, 0.4) is 0 Å². The molecule has 0 saturated carbocycles. The monoisotopic (exact) mass is 313 g/mol. The molecular formula is C13H13BrClNO. The van der Waals surface area contributed by atoms with Crippen LogP contribution in [0.1, 0.15) is 17.4 Å². The van der Waals surface area contributed by atoms with E-state index in [0.29, 0.717) is 0 Å². The van der Waals surface area contributed by atoms with E-state index in [4.69, 9.17) is 16.0 Å². The molecule has 0 saturated heterocycles. The quantitative estimate of drug-likeness (QED) is 0.915. The molecule has 1 N–H and O–H groups in total. The van der Waals surface area contributed by atoms with Gasteiger partial charge in [0.2, 0.25) is 0 Å². The molecule has 1 aromatic heterocycles. The van der Waals surface area contributed by atoms with Gasteiger partial charge in [0.25, 0.3) is 0 Å². The first kappa shape index (κ1) is 12.7. The van der Waals surface area contributed by atoms with Gasteiger partial charge in [-0.1, -0.05) is 29.8 Å². The molecule has 0 fully saturated rings. The highest BCUT2D eigenvalue weighted by Crippen LogP contribution is 2.28. The highest BCUT2D eigenvalue weighted by molar-refractivity contribution is 9.10. The topological polar surface area (TPSA) is 25.2 Å². The summed E-state index contributed by atoms with van der Waals surface area (Å²) in [5.74, 6) is 0.896. The highest BCUT2D eigenvalue weighted by Gasteiger charge is 2.17. The minimum atomic E-state index is 0.110. The van der Waals surface area contributed by atoms with Crippen molar-refractivity contribution in [2.24, 2.45) is 0 Å². The summed E-state index contributed by atoms with van der Waals surface area (Å²) in [6.07, 6.45) is 2.47. The SMILES string of the molecule is CNC(Cc1ccccc1Cl)c1occc1Br. The number of nitrogens with one attached hydrogen (secondary N) is 1. The van der Waals surface area contributed by atoms with Crippen LogP contribution in [0, 0.1) is 0 Å². The number of hydrogen-bond donors (Lipinski definition) is 1. The van der Waals surface area contributed by atoms with Crippen molar-refractivity contribution in [2.75, 3.05) is 7.05 Å². The average molecular weight is 315 g/mol. The highest BCUT2D eigenvalue weighted by atomic mass is 79.9. The maximum absolute atomic E-state index is 6.16. The Morgan fingerprint density at radius 1 is 1.35 bits per heavy atom. The lowest BCUT2D eigenvalue weighted by Crippen LogP contribution is -2.18. The normalized spacial score (nSPS) is 12.6. The molecule has 2 rings (SSSR count). The fourth-order valence-electron chi connectivity index (χ4n) is 1.76. The minimum absolute atomic E-state index is 0.110. The van der Waals surface area contributed by atoms with Crippen molar-refractivity contribution >= 4 is 27.5 Å². The maximum Gasteiger partial charge on any atom is 0.135 e. The molecule has 0 aliphatic carbocycles. The van der Waals surface area contributed by atoms with Crippen LogP contribution in [0.15, 0.2) is 45.5 Å². The summed E-state index contributed by atoms with van der Waals surface area (Å²) in [5, 5.41) is 4.03. The second-order valence-electron chi connectivity index (χ2n) is 3.77.